The molecule has 0 radical (unpaired) electrons. The number of carbonyl (C=O) groups excluding carboxylic acids is 1. The Morgan fingerprint density at radius 2 is 1.88 bits per heavy atom. The summed E-state index contributed by atoms with van der Waals surface area (Å²) in [6, 6.07) is 5.70. The molecular formula is C13H14O4. The number of benzene rings is 1. The molecule has 1 aromatic rings. The number of hydrogen-bond donors (Lipinski definition) is 0. The minimum atomic E-state index is -0.481. The van der Waals surface area contributed by atoms with Crippen molar-refractivity contribution in [1.29, 1.82) is 0 Å². The average molecular weight is 234 g/mol. The Balaban J connectivity index is 1.97. The molecule has 0 amide bonds. The fraction of sp³-hybridized carbons (Fsp3) is 0.462. The van der Waals surface area contributed by atoms with Gasteiger partial charge in [-0.1, -0.05) is 6.07 Å². The molecule has 0 saturated carbocycles. The van der Waals surface area contributed by atoms with Crippen LogP contribution in [0.15, 0.2) is 18.2 Å². The summed E-state index contributed by atoms with van der Waals surface area (Å²) in [6.45, 7) is 2.24. The van der Waals surface area contributed by atoms with E-state index in [9.17, 15) is 4.79 Å². The van der Waals surface area contributed by atoms with E-state index >= 15 is 0 Å². The van der Waals surface area contributed by atoms with Crippen molar-refractivity contribution in [3.05, 3.63) is 23.8 Å². The maximum absolute atomic E-state index is 11.2. The van der Waals surface area contributed by atoms with Crippen LogP contribution in [0.4, 0.5) is 0 Å². The van der Waals surface area contributed by atoms with Crippen molar-refractivity contribution in [3.63, 3.8) is 0 Å². The lowest BCUT2D eigenvalue weighted by molar-refractivity contribution is -0.129. The van der Waals surface area contributed by atoms with Gasteiger partial charge in [-0.15, -0.1) is 0 Å². The lowest BCUT2D eigenvalue weighted by Crippen LogP contribution is -2.48. The zero-order valence-electron chi connectivity index (χ0n) is 9.48. The minimum Gasteiger partial charge on any atom is -0.490 e. The molecule has 0 aliphatic carbocycles. The minimum absolute atomic E-state index is 0.455. The van der Waals surface area contributed by atoms with E-state index < -0.39 is 5.41 Å². The van der Waals surface area contributed by atoms with Gasteiger partial charge in [0.2, 0.25) is 0 Å². The summed E-state index contributed by atoms with van der Waals surface area (Å²) in [5.74, 6) is 1.49. The number of aldehydes is 1. The smallest absolute Gasteiger partial charge is 0.161 e. The van der Waals surface area contributed by atoms with Gasteiger partial charge in [-0.25, -0.2) is 0 Å². The van der Waals surface area contributed by atoms with Crippen LogP contribution in [0.25, 0.3) is 0 Å². The fourth-order valence-electron chi connectivity index (χ4n) is 2.10. The first-order valence-electron chi connectivity index (χ1n) is 5.78. The summed E-state index contributed by atoms with van der Waals surface area (Å²) >= 11 is 0. The highest BCUT2D eigenvalue weighted by molar-refractivity contribution is 5.71. The Labute approximate surface area is 99.5 Å². The molecule has 4 heteroatoms. The van der Waals surface area contributed by atoms with Crippen LogP contribution >= 0.6 is 0 Å². The second-order valence-corrected chi connectivity index (χ2v) is 4.48. The summed E-state index contributed by atoms with van der Waals surface area (Å²) in [5, 5.41) is 0. The predicted molar refractivity (Wildman–Crippen MR) is 60.6 cm³/mol. The summed E-state index contributed by atoms with van der Waals surface area (Å²) in [5.41, 5.74) is 0.466. The molecule has 0 N–H and O–H groups in total. The van der Waals surface area contributed by atoms with Crippen LogP contribution in [0, 0.1) is 0 Å². The van der Waals surface area contributed by atoms with Crippen LogP contribution in [0.1, 0.15) is 12.0 Å². The standard InChI is InChI=1S/C13H14O4/c14-7-13(8-15-9-13)10-2-3-11-12(6-10)17-5-1-4-16-11/h2-3,6-7H,1,4-5,8-9H2. The van der Waals surface area contributed by atoms with Crippen molar-refractivity contribution in [1.82, 2.24) is 0 Å². The van der Waals surface area contributed by atoms with Gasteiger partial charge in [0.1, 0.15) is 6.29 Å². The molecule has 0 unspecified atom stereocenters. The molecule has 0 aromatic heterocycles. The van der Waals surface area contributed by atoms with E-state index in [1.165, 1.54) is 0 Å². The van der Waals surface area contributed by atoms with Crippen LogP contribution in [0.2, 0.25) is 0 Å². The van der Waals surface area contributed by atoms with Crippen molar-refractivity contribution in [3.8, 4) is 11.5 Å². The number of fused-ring (bicyclic) bond motifs is 1. The summed E-state index contributed by atoms with van der Waals surface area (Å²) in [7, 11) is 0. The van der Waals surface area contributed by atoms with E-state index in [-0.39, 0.29) is 0 Å². The van der Waals surface area contributed by atoms with Crippen molar-refractivity contribution >= 4 is 6.29 Å². The summed E-state index contributed by atoms with van der Waals surface area (Å²) in [4.78, 5) is 11.2. The number of ether oxygens (including phenoxy) is 3. The third-order valence-electron chi connectivity index (χ3n) is 3.27. The highest BCUT2D eigenvalue weighted by Crippen LogP contribution is 2.37. The molecule has 0 spiro atoms. The number of hydrogen-bond acceptors (Lipinski definition) is 4. The quantitative estimate of drug-likeness (QED) is 0.724. The monoisotopic (exact) mass is 234 g/mol. The summed E-state index contributed by atoms with van der Waals surface area (Å²) in [6.07, 6.45) is 1.85. The first kappa shape index (κ1) is 10.6. The molecule has 17 heavy (non-hydrogen) atoms. The van der Waals surface area contributed by atoms with Gasteiger partial charge in [-0.2, -0.15) is 0 Å². The molecule has 4 nitrogen and oxygen atoms in total. The van der Waals surface area contributed by atoms with Gasteiger partial charge in [0.15, 0.2) is 11.5 Å². The van der Waals surface area contributed by atoms with Crippen molar-refractivity contribution in [2.45, 2.75) is 11.8 Å². The average Bonchev–Trinajstić information content (AvgIpc) is 2.53. The largest absolute Gasteiger partial charge is 0.490 e. The zero-order chi connectivity index (χ0) is 11.7. The van der Waals surface area contributed by atoms with Gasteiger partial charge in [0.25, 0.3) is 0 Å². The van der Waals surface area contributed by atoms with E-state index in [2.05, 4.69) is 0 Å². The normalized spacial score (nSPS) is 21.2. The Morgan fingerprint density at radius 1 is 1.12 bits per heavy atom. The van der Waals surface area contributed by atoms with Gasteiger partial charge < -0.3 is 19.0 Å². The van der Waals surface area contributed by atoms with Gasteiger partial charge in [0.05, 0.1) is 31.8 Å². The zero-order valence-corrected chi connectivity index (χ0v) is 9.48. The Kier molecular flexibility index (Phi) is 2.52. The highest BCUT2D eigenvalue weighted by atomic mass is 16.5. The van der Waals surface area contributed by atoms with E-state index in [1.807, 2.05) is 18.2 Å². The van der Waals surface area contributed by atoms with Crippen molar-refractivity contribution < 1.29 is 19.0 Å². The lowest BCUT2D eigenvalue weighted by Gasteiger charge is -2.37. The molecule has 2 aliphatic heterocycles. The van der Waals surface area contributed by atoms with Gasteiger partial charge in [0, 0.05) is 6.42 Å². The van der Waals surface area contributed by atoms with Gasteiger partial charge in [-0.3, -0.25) is 0 Å². The topological polar surface area (TPSA) is 44.8 Å². The second kappa shape index (κ2) is 4.04. The van der Waals surface area contributed by atoms with Crippen LogP contribution < -0.4 is 9.47 Å². The first-order chi connectivity index (χ1) is 8.34. The molecule has 1 aromatic carbocycles. The van der Waals surface area contributed by atoms with E-state index in [1.54, 1.807) is 0 Å². The summed E-state index contributed by atoms with van der Waals surface area (Å²) < 4.78 is 16.3. The van der Waals surface area contributed by atoms with Crippen LogP contribution in [0.3, 0.4) is 0 Å². The molecule has 1 fully saturated rings. The van der Waals surface area contributed by atoms with Crippen LogP contribution in [-0.4, -0.2) is 32.7 Å². The maximum Gasteiger partial charge on any atom is 0.161 e. The number of rotatable bonds is 2. The molecular weight excluding hydrogens is 220 g/mol. The van der Waals surface area contributed by atoms with Gasteiger partial charge >= 0.3 is 0 Å². The predicted octanol–water partition coefficient (Wildman–Crippen LogP) is 1.31. The maximum atomic E-state index is 11.2. The first-order valence-corrected chi connectivity index (χ1v) is 5.78. The molecule has 3 rings (SSSR count). The Morgan fingerprint density at radius 3 is 2.53 bits per heavy atom. The van der Waals surface area contributed by atoms with Crippen molar-refractivity contribution in [2.75, 3.05) is 26.4 Å². The Hall–Kier alpha value is -1.55. The molecule has 2 aliphatic rings. The Bertz CT molecular complexity index is 437. The second-order valence-electron chi connectivity index (χ2n) is 4.48. The van der Waals surface area contributed by atoms with E-state index in [0.717, 1.165) is 29.8 Å². The van der Waals surface area contributed by atoms with E-state index in [4.69, 9.17) is 14.2 Å². The third kappa shape index (κ3) is 1.69. The molecule has 2 heterocycles. The van der Waals surface area contributed by atoms with Gasteiger partial charge in [-0.05, 0) is 17.7 Å². The SMILES string of the molecule is O=CC1(c2ccc3c(c2)OCCCO3)COC1. The fourth-order valence-corrected chi connectivity index (χ4v) is 2.10. The highest BCUT2D eigenvalue weighted by Gasteiger charge is 2.40. The number of carbonyl (C=O) groups is 1. The molecule has 90 valence electrons. The van der Waals surface area contributed by atoms with Crippen molar-refractivity contribution in [2.24, 2.45) is 0 Å². The van der Waals surface area contributed by atoms with E-state index in [0.29, 0.717) is 26.4 Å². The van der Waals surface area contributed by atoms with Crippen LogP contribution in [-0.2, 0) is 14.9 Å². The lowest BCUT2D eigenvalue weighted by atomic mass is 9.80. The molecule has 0 atom stereocenters. The molecule has 0 bridgehead atoms. The third-order valence-corrected chi connectivity index (χ3v) is 3.27. The molecule has 1 saturated heterocycles. The van der Waals surface area contributed by atoms with Crippen LogP contribution in [0.5, 0.6) is 11.5 Å².